The SMILES string of the molecule is FC(F)(F)Oc1ccc(CN2CCCC(Cc3ccc4[nH]ncc4c3)C2)cc1. The van der Waals surface area contributed by atoms with E-state index in [1.54, 1.807) is 12.1 Å². The Morgan fingerprint density at radius 1 is 1.11 bits per heavy atom. The minimum atomic E-state index is -4.65. The van der Waals surface area contributed by atoms with Crippen LogP contribution in [0.4, 0.5) is 13.2 Å². The third-order valence-electron chi connectivity index (χ3n) is 5.20. The van der Waals surface area contributed by atoms with E-state index in [0.717, 1.165) is 48.9 Å². The van der Waals surface area contributed by atoms with Crippen LogP contribution in [0.3, 0.4) is 0 Å². The number of hydrogen-bond donors (Lipinski definition) is 1. The molecule has 0 spiro atoms. The van der Waals surface area contributed by atoms with Crippen molar-refractivity contribution in [1.29, 1.82) is 0 Å². The van der Waals surface area contributed by atoms with Gasteiger partial charge in [0.25, 0.3) is 0 Å². The zero-order chi connectivity index (χ0) is 19.6. The van der Waals surface area contributed by atoms with Gasteiger partial charge in [0.15, 0.2) is 0 Å². The maximum absolute atomic E-state index is 12.3. The lowest BCUT2D eigenvalue weighted by Crippen LogP contribution is -2.35. The molecule has 1 aliphatic heterocycles. The first-order valence-electron chi connectivity index (χ1n) is 9.44. The van der Waals surface area contributed by atoms with Crippen LogP contribution in [0, 0.1) is 5.92 Å². The second kappa shape index (κ2) is 7.83. The molecule has 1 aliphatic rings. The minimum Gasteiger partial charge on any atom is -0.406 e. The zero-order valence-corrected chi connectivity index (χ0v) is 15.4. The standard InChI is InChI=1S/C21H22F3N3O/c22-21(23,24)28-19-6-3-15(4-7-19)13-27-9-1-2-17(14-27)10-16-5-8-20-18(11-16)12-25-26-20/h3-8,11-12,17H,1-2,9-10,13-14H2,(H,25,26). The highest BCUT2D eigenvalue weighted by atomic mass is 19.4. The Kier molecular flexibility index (Phi) is 5.26. The Hall–Kier alpha value is -2.54. The molecule has 0 aliphatic carbocycles. The largest absolute Gasteiger partial charge is 0.573 e. The van der Waals surface area contributed by atoms with Crippen LogP contribution in [0.1, 0.15) is 24.0 Å². The molecule has 1 fully saturated rings. The van der Waals surface area contributed by atoms with Gasteiger partial charge in [-0.2, -0.15) is 5.10 Å². The highest BCUT2D eigenvalue weighted by Gasteiger charge is 2.31. The predicted molar refractivity (Wildman–Crippen MR) is 101 cm³/mol. The number of likely N-dealkylation sites (tertiary alicyclic amines) is 1. The van der Waals surface area contributed by atoms with Crippen molar-refractivity contribution in [1.82, 2.24) is 15.1 Å². The van der Waals surface area contributed by atoms with E-state index < -0.39 is 6.36 Å². The van der Waals surface area contributed by atoms with Crippen LogP contribution in [0.15, 0.2) is 48.7 Å². The van der Waals surface area contributed by atoms with Gasteiger partial charge in [0.2, 0.25) is 0 Å². The van der Waals surface area contributed by atoms with Crippen LogP contribution in [0.2, 0.25) is 0 Å². The van der Waals surface area contributed by atoms with Gasteiger partial charge in [0, 0.05) is 18.5 Å². The lowest BCUT2D eigenvalue weighted by molar-refractivity contribution is -0.274. The molecule has 4 rings (SSSR count). The number of nitrogens with one attached hydrogen (secondary N) is 1. The highest BCUT2D eigenvalue weighted by molar-refractivity contribution is 5.78. The van der Waals surface area contributed by atoms with Crippen molar-refractivity contribution in [2.45, 2.75) is 32.2 Å². The maximum Gasteiger partial charge on any atom is 0.573 e. The predicted octanol–water partition coefficient (Wildman–Crippen LogP) is 4.92. The summed E-state index contributed by atoms with van der Waals surface area (Å²) in [7, 11) is 0. The van der Waals surface area contributed by atoms with Gasteiger partial charge in [-0.15, -0.1) is 13.2 Å². The molecule has 28 heavy (non-hydrogen) atoms. The van der Waals surface area contributed by atoms with Crippen molar-refractivity contribution >= 4 is 10.9 Å². The summed E-state index contributed by atoms with van der Waals surface area (Å²) in [6, 6.07) is 12.6. The molecule has 0 bridgehead atoms. The molecular weight excluding hydrogens is 367 g/mol. The van der Waals surface area contributed by atoms with Crippen molar-refractivity contribution < 1.29 is 17.9 Å². The molecule has 1 N–H and O–H groups in total. The first kappa shape index (κ1) is 18.8. The average Bonchev–Trinajstić information content (AvgIpc) is 3.10. The number of alkyl halides is 3. The van der Waals surface area contributed by atoms with Gasteiger partial charge in [-0.05, 0) is 67.1 Å². The molecule has 1 saturated heterocycles. The van der Waals surface area contributed by atoms with Gasteiger partial charge in [0.05, 0.1) is 11.7 Å². The Labute approximate surface area is 161 Å². The highest BCUT2D eigenvalue weighted by Crippen LogP contribution is 2.26. The summed E-state index contributed by atoms with van der Waals surface area (Å²) in [6.45, 7) is 2.74. The van der Waals surface area contributed by atoms with Gasteiger partial charge >= 0.3 is 6.36 Å². The summed E-state index contributed by atoms with van der Waals surface area (Å²) >= 11 is 0. The van der Waals surface area contributed by atoms with Crippen molar-refractivity contribution in [3.05, 3.63) is 59.8 Å². The lowest BCUT2D eigenvalue weighted by Gasteiger charge is -2.33. The fourth-order valence-corrected chi connectivity index (χ4v) is 3.97. The van der Waals surface area contributed by atoms with Crippen LogP contribution in [-0.2, 0) is 13.0 Å². The molecule has 2 aromatic carbocycles. The van der Waals surface area contributed by atoms with E-state index >= 15 is 0 Å². The summed E-state index contributed by atoms with van der Waals surface area (Å²) in [5, 5.41) is 8.17. The van der Waals surface area contributed by atoms with Crippen molar-refractivity contribution in [3.63, 3.8) is 0 Å². The number of benzene rings is 2. The quantitative estimate of drug-likeness (QED) is 0.674. The first-order valence-corrected chi connectivity index (χ1v) is 9.44. The fraction of sp³-hybridized carbons (Fsp3) is 0.381. The zero-order valence-electron chi connectivity index (χ0n) is 15.4. The molecule has 4 nitrogen and oxygen atoms in total. The monoisotopic (exact) mass is 389 g/mol. The number of H-pyrrole nitrogens is 1. The Morgan fingerprint density at radius 2 is 1.89 bits per heavy atom. The van der Waals surface area contributed by atoms with E-state index in [0.29, 0.717) is 5.92 Å². The molecule has 3 aromatic rings. The van der Waals surface area contributed by atoms with Gasteiger partial charge in [-0.1, -0.05) is 18.2 Å². The van der Waals surface area contributed by atoms with Crippen LogP contribution >= 0.6 is 0 Å². The van der Waals surface area contributed by atoms with Gasteiger partial charge < -0.3 is 4.74 Å². The summed E-state index contributed by atoms with van der Waals surface area (Å²) in [5.74, 6) is 0.397. The third kappa shape index (κ3) is 4.84. The molecule has 1 unspecified atom stereocenters. The number of ether oxygens (including phenoxy) is 1. The van der Waals surface area contributed by atoms with Crippen molar-refractivity contribution in [2.75, 3.05) is 13.1 Å². The summed E-state index contributed by atoms with van der Waals surface area (Å²) in [6.07, 6.45) is 0.543. The number of aromatic amines is 1. The molecule has 7 heteroatoms. The molecular formula is C21H22F3N3O. The minimum absolute atomic E-state index is 0.178. The smallest absolute Gasteiger partial charge is 0.406 e. The topological polar surface area (TPSA) is 41.1 Å². The van der Waals surface area contributed by atoms with E-state index in [9.17, 15) is 13.2 Å². The van der Waals surface area contributed by atoms with Gasteiger partial charge in [-0.25, -0.2) is 0 Å². The van der Waals surface area contributed by atoms with E-state index in [2.05, 4.69) is 38.0 Å². The van der Waals surface area contributed by atoms with Crippen LogP contribution in [-0.4, -0.2) is 34.5 Å². The molecule has 0 saturated carbocycles. The molecule has 1 aromatic heterocycles. The molecule has 0 amide bonds. The Balaban J connectivity index is 1.34. The van der Waals surface area contributed by atoms with E-state index in [1.165, 1.54) is 24.1 Å². The number of hydrogen-bond acceptors (Lipinski definition) is 3. The molecule has 148 valence electrons. The van der Waals surface area contributed by atoms with E-state index in [-0.39, 0.29) is 5.75 Å². The van der Waals surface area contributed by atoms with Crippen molar-refractivity contribution in [2.24, 2.45) is 5.92 Å². The van der Waals surface area contributed by atoms with E-state index in [4.69, 9.17) is 0 Å². The molecule has 1 atom stereocenters. The number of halogens is 3. The summed E-state index contributed by atoms with van der Waals surface area (Å²) in [5.41, 5.74) is 3.36. The summed E-state index contributed by atoms with van der Waals surface area (Å²) in [4.78, 5) is 2.38. The second-order valence-electron chi connectivity index (χ2n) is 7.43. The lowest BCUT2D eigenvalue weighted by atomic mass is 9.90. The van der Waals surface area contributed by atoms with Crippen LogP contribution in [0.5, 0.6) is 5.75 Å². The van der Waals surface area contributed by atoms with Gasteiger partial charge in [-0.3, -0.25) is 10.00 Å². The fourth-order valence-electron chi connectivity index (χ4n) is 3.97. The average molecular weight is 389 g/mol. The van der Waals surface area contributed by atoms with Crippen LogP contribution in [0.25, 0.3) is 10.9 Å². The second-order valence-corrected chi connectivity index (χ2v) is 7.43. The Morgan fingerprint density at radius 3 is 2.68 bits per heavy atom. The van der Waals surface area contributed by atoms with Gasteiger partial charge in [0.1, 0.15) is 5.75 Å². The molecule has 2 heterocycles. The number of nitrogens with zero attached hydrogens (tertiary/aromatic N) is 2. The number of rotatable bonds is 5. The normalized spacial score (nSPS) is 18.5. The van der Waals surface area contributed by atoms with Crippen LogP contribution < -0.4 is 4.74 Å². The summed E-state index contributed by atoms with van der Waals surface area (Å²) < 4.78 is 40.7. The Bertz CT molecular complexity index is 921. The number of fused-ring (bicyclic) bond motifs is 1. The maximum atomic E-state index is 12.3. The number of piperidine rings is 1. The first-order chi connectivity index (χ1) is 13.4. The number of aromatic nitrogens is 2. The van der Waals surface area contributed by atoms with Crippen molar-refractivity contribution in [3.8, 4) is 5.75 Å². The molecule has 0 radical (unpaired) electrons. The van der Waals surface area contributed by atoms with E-state index in [1.807, 2.05) is 6.20 Å². The third-order valence-corrected chi connectivity index (χ3v) is 5.20.